The van der Waals surface area contributed by atoms with E-state index in [9.17, 15) is 0 Å². The smallest absolute Gasteiger partial charge is 0.130 e. The maximum atomic E-state index is 5.91. The SMILES string of the molecule is COc1c(C)c(C/C=C(\C)CC/C=C(\C)CC(S)/C=C(\C)CC/C=C(\C)CC/C=C(\C)CC/C=C(\C)CCC=C(C)C)c(OC)c2ccccc12. The second-order valence-corrected chi connectivity index (χ2v) is 15.6. The molecule has 0 heterocycles. The zero-order valence-corrected chi connectivity index (χ0v) is 35.1. The van der Waals surface area contributed by atoms with Gasteiger partial charge in [-0.2, -0.15) is 12.6 Å². The van der Waals surface area contributed by atoms with Gasteiger partial charge in [0.1, 0.15) is 11.5 Å². The Morgan fingerprint density at radius 3 is 1.45 bits per heavy atom. The minimum absolute atomic E-state index is 0.255. The summed E-state index contributed by atoms with van der Waals surface area (Å²) in [7, 11) is 3.52. The predicted molar refractivity (Wildman–Crippen MR) is 231 cm³/mol. The molecular formula is C48H70O2S. The fraction of sp³-hybridized carbons (Fsp3) is 0.500. The van der Waals surface area contributed by atoms with Crippen LogP contribution in [0.5, 0.6) is 11.5 Å². The van der Waals surface area contributed by atoms with Crippen LogP contribution in [0, 0.1) is 6.92 Å². The summed E-state index contributed by atoms with van der Waals surface area (Å²) in [6.45, 7) is 20.1. The molecule has 1 atom stereocenters. The molecule has 0 N–H and O–H groups in total. The highest BCUT2D eigenvalue weighted by atomic mass is 32.1. The van der Waals surface area contributed by atoms with Crippen molar-refractivity contribution >= 4 is 23.4 Å². The fourth-order valence-corrected chi connectivity index (χ4v) is 7.18. The van der Waals surface area contributed by atoms with Crippen LogP contribution in [0.3, 0.4) is 0 Å². The minimum atomic E-state index is 0.255. The molecule has 280 valence electrons. The van der Waals surface area contributed by atoms with Crippen LogP contribution < -0.4 is 9.47 Å². The first-order valence-corrected chi connectivity index (χ1v) is 19.8. The second-order valence-electron chi connectivity index (χ2n) is 14.9. The largest absolute Gasteiger partial charge is 0.496 e. The molecular weight excluding hydrogens is 641 g/mol. The van der Waals surface area contributed by atoms with Crippen LogP contribution in [-0.2, 0) is 6.42 Å². The van der Waals surface area contributed by atoms with Crippen molar-refractivity contribution in [2.45, 2.75) is 145 Å². The molecule has 0 aliphatic rings. The van der Waals surface area contributed by atoms with Crippen molar-refractivity contribution in [1.29, 1.82) is 0 Å². The van der Waals surface area contributed by atoms with Crippen LogP contribution in [0.15, 0.2) is 106 Å². The molecule has 3 heteroatoms. The molecule has 0 bridgehead atoms. The standard InChI is InChI=1S/C48H70O2S/c1-35(2)19-14-20-36(3)21-15-22-37(4)23-16-24-38(5)25-17-27-40(7)33-43(51)34-41(8)28-18-26-39(6)31-32-44-42(9)47(49-10)45-29-12-13-30-46(45)48(44)50-11/h12-13,19,21,23,25,28-31,33,43,51H,14-18,20,22,24,26-27,32,34H2,1-11H3/b36-21+,37-23+,38-25+,39-31+,40-33+,41-28+. The van der Waals surface area contributed by atoms with Crippen LogP contribution in [0.2, 0.25) is 0 Å². The van der Waals surface area contributed by atoms with Crippen molar-refractivity contribution in [2.75, 3.05) is 14.2 Å². The van der Waals surface area contributed by atoms with E-state index in [4.69, 9.17) is 22.1 Å². The monoisotopic (exact) mass is 711 g/mol. The third-order valence-corrected chi connectivity index (χ3v) is 10.1. The van der Waals surface area contributed by atoms with Crippen LogP contribution in [0.1, 0.15) is 137 Å². The summed E-state index contributed by atoms with van der Waals surface area (Å²) in [5.74, 6) is 1.89. The first-order valence-electron chi connectivity index (χ1n) is 19.2. The summed E-state index contributed by atoms with van der Waals surface area (Å²) in [4.78, 5) is 0. The minimum Gasteiger partial charge on any atom is -0.496 e. The maximum Gasteiger partial charge on any atom is 0.130 e. The van der Waals surface area contributed by atoms with Crippen LogP contribution in [0.25, 0.3) is 10.8 Å². The summed E-state index contributed by atoms with van der Waals surface area (Å²) in [5.41, 5.74) is 12.5. The highest BCUT2D eigenvalue weighted by molar-refractivity contribution is 7.81. The summed E-state index contributed by atoms with van der Waals surface area (Å²) in [6, 6.07) is 8.33. The lowest BCUT2D eigenvalue weighted by Crippen LogP contribution is -2.00. The van der Waals surface area contributed by atoms with Crippen molar-refractivity contribution in [1.82, 2.24) is 0 Å². The molecule has 0 spiro atoms. The van der Waals surface area contributed by atoms with Gasteiger partial charge in [0.25, 0.3) is 0 Å². The van der Waals surface area contributed by atoms with Gasteiger partial charge in [-0.1, -0.05) is 106 Å². The lowest BCUT2D eigenvalue weighted by molar-refractivity contribution is 0.404. The van der Waals surface area contributed by atoms with Crippen molar-refractivity contribution in [3.63, 3.8) is 0 Å². The van der Waals surface area contributed by atoms with E-state index >= 15 is 0 Å². The van der Waals surface area contributed by atoms with Crippen molar-refractivity contribution in [3.05, 3.63) is 117 Å². The molecule has 0 fully saturated rings. The molecule has 0 saturated heterocycles. The van der Waals surface area contributed by atoms with Crippen molar-refractivity contribution in [2.24, 2.45) is 0 Å². The van der Waals surface area contributed by atoms with Gasteiger partial charge in [-0.25, -0.2) is 0 Å². The molecule has 0 amide bonds. The van der Waals surface area contributed by atoms with E-state index in [0.717, 1.165) is 92.0 Å². The molecule has 0 radical (unpaired) electrons. The number of benzene rings is 2. The first-order chi connectivity index (χ1) is 24.4. The lowest BCUT2D eigenvalue weighted by Gasteiger charge is -2.18. The molecule has 2 aromatic rings. The highest BCUT2D eigenvalue weighted by Crippen LogP contribution is 2.40. The van der Waals surface area contributed by atoms with Crippen molar-refractivity contribution in [3.8, 4) is 11.5 Å². The van der Waals surface area contributed by atoms with Gasteiger partial charge in [-0.3, -0.25) is 0 Å². The molecule has 2 nitrogen and oxygen atoms in total. The summed E-state index contributed by atoms with van der Waals surface area (Å²) in [6.07, 6.45) is 29.8. The summed E-state index contributed by atoms with van der Waals surface area (Å²) < 4.78 is 11.7. The van der Waals surface area contributed by atoms with Crippen LogP contribution in [0.4, 0.5) is 0 Å². The van der Waals surface area contributed by atoms with E-state index < -0.39 is 0 Å². The Kier molecular flexibility index (Phi) is 20.8. The Morgan fingerprint density at radius 2 is 0.980 bits per heavy atom. The number of fused-ring (bicyclic) bond motifs is 1. The van der Waals surface area contributed by atoms with E-state index in [2.05, 4.69) is 123 Å². The zero-order valence-electron chi connectivity index (χ0n) is 34.2. The molecule has 2 rings (SSSR count). The molecule has 0 aromatic heterocycles. The van der Waals surface area contributed by atoms with E-state index in [0.29, 0.717) is 0 Å². The first kappa shape index (κ1) is 44.0. The zero-order chi connectivity index (χ0) is 37.8. The summed E-state index contributed by atoms with van der Waals surface area (Å²) in [5, 5.41) is 2.45. The normalized spacial score (nSPS) is 14.3. The average Bonchev–Trinajstić information content (AvgIpc) is 3.06. The Labute approximate surface area is 319 Å². The Hall–Kier alpha value is -3.17. The van der Waals surface area contributed by atoms with Gasteiger partial charge in [0.2, 0.25) is 0 Å². The number of allylic oxidation sites excluding steroid dienone is 13. The van der Waals surface area contributed by atoms with Gasteiger partial charge in [0, 0.05) is 21.6 Å². The molecule has 0 aliphatic heterocycles. The highest BCUT2D eigenvalue weighted by Gasteiger charge is 2.17. The van der Waals surface area contributed by atoms with Crippen molar-refractivity contribution < 1.29 is 9.47 Å². The average molecular weight is 711 g/mol. The Bertz CT molecular complexity index is 1600. The Morgan fingerprint density at radius 1 is 0.569 bits per heavy atom. The molecule has 2 aromatic carbocycles. The van der Waals surface area contributed by atoms with Gasteiger partial charge in [0.05, 0.1) is 14.2 Å². The molecule has 0 aliphatic carbocycles. The van der Waals surface area contributed by atoms with E-state index in [-0.39, 0.29) is 5.25 Å². The molecule has 51 heavy (non-hydrogen) atoms. The van der Waals surface area contributed by atoms with E-state index in [1.54, 1.807) is 14.2 Å². The summed E-state index contributed by atoms with van der Waals surface area (Å²) >= 11 is 4.92. The van der Waals surface area contributed by atoms with Crippen LogP contribution in [-0.4, -0.2) is 19.5 Å². The van der Waals surface area contributed by atoms with Gasteiger partial charge in [-0.15, -0.1) is 0 Å². The number of rotatable bonds is 22. The van der Waals surface area contributed by atoms with Gasteiger partial charge < -0.3 is 9.47 Å². The predicted octanol–water partition coefficient (Wildman–Crippen LogP) is 14.9. The Balaban J connectivity index is 1.76. The van der Waals surface area contributed by atoms with Gasteiger partial charge in [-0.05, 0) is 145 Å². The molecule has 0 saturated carbocycles. The number of hydrogen-bond acceptors (Lipinski definition) is 3. The van der Waals surface area contributed by atoms with E-state index in [1.807, 2.05) is 6.07 Å². The quantitative estimate of drug-likeness (QED) is 0.0969. The third-order valence-electron chi connectivity index (χ3n) is 9.77. The van der Waals surface area contributed by atoms with E-state index in [1.165, 1.54) is 57.4 Å². The second kappa shape index (κ2) is 24.1. The number of hydrogen-bond donors (Lipinski definition) is 1. The van der Waals surface area contributed by atoms with Gasteiger partial charge >= 0.3 is 0 Å². The topological polar surface area (TPSA) is 18.5 Å². The number of methoxy groups -OCH3 is 2. The van der Waals surface area contributed by atoms with Crippen LogP contribution >= 0.6 is 12.6 Å². The fourth-order valence-electron chi connectivity index (χ4n) is 6.63. The lowest BCUT2D eigenvalue weighted by atomic mass is 9.95. The third kappa shape index (κ3) is 16.8. The maximum absolute atomic E-state index is 5.91. The molecule has 1 unspecified atom stereocenters. The van der Waals surface area contributed by atoms with Gasteiger partial charge in [0.15, 0.2) is 0 Å². The number of ether oxygens (including phenoxy) is 2. The number of thiol groups is 1.